The van der Waals surface area contributed by atoms with E-state index >= 15 is 0 Å². The minimum Gasteiger partial charge on any atom is -0.399 e. The fourth-order valence-corrected chi connectivity index (χ4v) is 3.76. The highest BCUT2D eigenvalue weighted by molar-refractivity contribution is 7.97. The molecule has 0 aliphatic carbocycles. The monoisotopic (exact) mass is 359 g/mol. The Balaban J connectivity index is 1.96. The smallest absolute Gasteiger partial charge is 0.0830 e. The molecule has 2 rings (SSSR count). The van der Waals surface area contributed by atoms with Gasteiger partial charge in [0.2, 0.25) is 0 Å². The van der Waals surface area contributed by atoms with Crippen LogP contribution in [0.25, 0.3) is 0 Å². The number of nitrogens with zero attached hydrogens (tertiary/aromatic N) is 1. The molecule has 0 saturated heterocycles. The second kappa shape index (κ2) is 9.82. The van der Waals surface area contributed by atoms with Gasteiger partial charge in [-0.25, -0.2) is 4.31 Å². The summed E-state index contributed by atoms with van der Waals surface area (Å²) in [6.45, 7) is 5.75. The third-order valence-corrected chi connectivity index (χ3v) is 4.92. The molecule has 0 bridgehead atoms. The lowest BCUT2D eigenvalue weighted by atomic mass is 10.0. The Hall–Kier alpha value is -1.53. The first-order valence-electron chi connectivity index (χ1n) is 8.70. The van der Waals surface area contributed by atoms with Crippen molar-refractivity contribution in [3.63, 3.8) is 0 Å². The van der Waals surface area contributed by atoms with Gasteiger partial charge in [0.25, 0.3) is 0 Å². The number of anilines is 1. The third kappa shape index (κ3) is 7.08. The number of hydrogen-bond donors (Lipinski definition) is 3. The zero-order valence-corrected chi connectivity index (χ0v) is 15.8. The number of rotatable bonds is 9. The zero-order chi connectivity index (χ0) is 18.2. The van der Waals surface area contributed by atoms with E-state index in [0.29, 0.717) is 18.9 Å². The van der Waals surface area contributed by atoms with Crippen molar-refractivity contribution >= 4 is 17.6 Å². The second-order valence-electron chi connectivity index (χ2n) is 6.82. The first-order chi connectivity index (χ1) is 11.9. The molecule has 136 valence electrons. The molecule has 2 atom stereocenters. The molecule has 2 aromatic carbocycles. The SMILES string of the molecule is CC(C)CN(CC(O)C(N)Cc1ccccc1)Sc1ccc(N)cc1. The molecule has 0 amide bonds. The van der Waals surface area contributed by atoms with Crippen molar-refractivity contribution in [2.24, 2.45) is 11.7 Å². The Morgan fingerprint density at radius 2 is 1.64 bits per heavy atom. The summed E-state index contributed by atoms with van der Waals surface area (Å²) in [6.07, 6.45) is 0.0876. The van der Waals surface area contributed by atoms with Crippen molar-refractivity contribution in [3.05, 3.63) is 60.2 Å². The summed E-state index contributed by atoms with van der Waals surface area (Å²) in [4.78, 5) is 1.11. The molecule has 0 fully saturated rings. The van der Waals surface area contributed by atoms with E-state index in [2.05, 4.69) is 18.2 Å². The fraction of sp³-hybridized carbons (Fsp3) is 0.400. The van der Waals surface area contributed by atoms with Crippen LogP contribution in [0.1, 0.15) is 19.4 Å². The van der Waals surface area contributed by atoms with Crippen LogP contribution in [0.4, 0.5) is 5.69 Å². The van der Waals surface area contributed by atoms with Gasteiger partial charge in [0.05, 0.1) is 6.10 Å². The molecular formula is C20H29N3OS. The van der Waals surface area contributed by atoms with E-state index in [-0.39, 0.29) is 6.04 Å². The molecule has 0 saturated carbocycles. The lowest BCUT2D eigenvalue weighted by Gasteiger charge is -2.28. The lowest BCUT2D eigenvalue weighted by molar-refractivity contribution is 0.119. The maximum absolute atomic E-state index is 10.6. The topological polar surface area (TPSA) is 75.5 Å². The van der Waals surface area contributed by atoms with Crippen LogP contribution in [-0.2, 0) is 6.42 Å². The molecule has 0 heterocycles. The number of benzene rings is 2. The molecule has 0 spiro atoms. The van der Waals surface area contributed by atoms with E-state index in [4.69, 9.17) is 11.5 Å². The normalized spacial score (nSPS) is 14.0. The number of nitrogen functional groups attached to an aromatic ring is 1. The maximum Gasteiger partial charge on any atom is 0.0830 e. The summed E-state index contributed by atoms with van der Waals surface area (Å²) in [5.41, 5.74) is 13.9. The molecule has 0 aliphatic heterocycles. The summed E-state index contributed by atoms with van der Waals surface area (Å²) < 4.78 is 2.19. The minimum atomic E-state index is -0.583. The van der Waals surface area contributed by atoms with Crippen molar-refractivity contribution in [3.8, 4) is 0 Å². The Labute approximate surface area is 155 Å². The van der Waals surface area contributed by atoms with Gasteiger partial charge in [0.1, 0.15) is 0 Å². The van der Waals surface area contributed by atoms with E-state index < -0.39 is 6.10 Å². The molecule has 5 heteroatoms. The summed E-state index contributed by atoms with van der Waals surface area (Å²) in [5, 5.41) is 10.6. The maximum atomic E-state index is 10.6. The second-order valence-corrected chi connectivity index (χ2v) is 7.99. The predicted octanol–water partition coefficient (Wildman–Crippen LogP) is 3.16. The van der Waals surface area contributed by atoms with Crippen LogP contribution >= 0.6 is 11.9 Å². The van der Waals surface area contributed by atoms with E-state index in [1.165, 1.54) is 0 Å². The highest BCUT2D eigenvalue weighted by Crippen LogP contribution is 2.25. The Kier molecular flexibility index (Phi) is 7.78. The molecule has 25 heavy (non-hydrogen) atoms. The Bertz CT molecular complexity index is 619. The van der Waals surface area contributed by atoms with Crippen molar-refractivity contribution in [1.29, 1.82) is 0 Å². The molecule has 5 N–H and O–H groups in total. The van der Waals surface area contributed by atoms with Crippen LogP contribution in [0.15, 0.2) is 59.5 Å². The molecule has 0 aliphatic rings. The first-order valence-corrected chi connectivity index (χ1v) is 9.47. The minimum absolute atomic E-state index is 0.288. The van der Waals surface area contributed by atoms with Crippen LogP contribution in [0.2, 0.25) is 0 Å². The van der Waals surface area contributed by atoms with E-state index in [0.717, 1.165) is 22.7 Å². The van der Waals surface area contributed by atoms with Crippen molar-refractivity contribution in [1.82, 2.24) is 4.31 Å². The van der Waals surface area contributed by atoms with Crippen LogP contribution in [0.3, 0.4) is 0 Å². The van der Waals surface area contributed by atoms with Crippen molar-refractivity contribution in [2.45, 2.75) is 37.3 Å². The fourth-order valence-electron chi connectivity index (χ4n) is 2.60. The molecular weight excluding hydrogens is 330 g/mol. The predicted molar refractivity (Wildman–Crippen MR) is 107 cm³/mol. The number of nitrogens with two attached hydrogens (primary N) is 2. The van der Waals surface area contributed by atoms with Crippen LogP contribution in [0.5, 0.6) is 0 Å². The summed E-state index contributed by atoms with van der Waals surface area (Å²) >= 11 is 1.64. The molecule has 4 nitrogen and oxygen atoms in total. The average Bonchev–Trinajstić information content (AvgIpc) is 2.57. The van der Waals surface area contributed by atoms with Gasteiger partial charge in [-0.2, -0.15) is 0 Å². The quantitative estimate of drug-likeness (QED) is 0.474. The van der Waals surface area contributed by atoms with Gasteiger partial charge < -0.3 is 16.6 Å². The molecule has 2 aromatic rings. The Morgan fingerprint density at radius 3 is 2.24 bits per heavy atom. The molecule has 0 aromatic heterocycles. The Morgan fingerprint density at radius 1 is 1.00 bits per heavy atom. The highest BCUT2D eigenvalue weighted by atomic mass is 32.2. The number of hydrogen-bond acceptors (Lipinski definition) is 5. The van der Waals surface area contributed by atoms with Crippen molar-refractivity contribution < 1.29 is 5.11 Å². The molecule has 2 unspecified atom stereocenters. The largest absolute Gasteiger partial charge is 0.399 e. The highest BCUT2D eigenvalue weighted by Gasteiger charge is 2.20. The zero-order valence-electron chi connectivity index (χ0n) is 15.0. The van der Waals surface area contributed by atoms with Crippen LogP contribution < -0.4 is 11.5 Å². The summed E-state index contributed by atoms with van der Waals surface area (Å²) in [6, 6.07) is 17.6. The van der Waals surface area contributed by atoms with Gasteiger partial charge in [0.15, 0.2) is 0 Å². The van der Waals surface area contributed by atoms with Gasteiger partial charge in [-0.05, 0) is 54.1 Å². The van der Waals surface area contributed by atoms with E-state index in [1.54, 1.807) is 11.9 Å². The summed E-state index contributed by atoms with van der Waals surface area (Å²) in [5.74, 6) is 0.499. The first kappa shape index (κ1) is 19.8. The number of aliphatic hydroxyl groups is 1. The van der Waals surface area contributed by atoms with E-state index in [9.17, 15) is 5.11 Å². The van der Waals surface area contributed by atoms with Crippen molar-refractivity contribution in [2.75, 3.05) is 18.8 Å². The van der Waals surface area contributed by atoms with Gasteiger partial charge in [-0.1, -0.05) is 44.2 Å². The average molecular weight is 360 g/mol. The van der Waals surface area contributed by atoms with Crippen LogP contribution in [-0.4, -0.2) is 34.6 Å². The van der Waals surface area contributed by atoms with Gasteiger partial charge >= 0.3 is 0 Å². The van der Waals surface area contributed by atoms with E-state index in [1.807, 2.05) is 54.6 Å². The van der Waals surface area contributed by atoms with Crippen LogP contribution in [0, 0.1) is 5.92 Å². The lowest BCUT2D eigenvalue weighted by Crippen LogP contribution is -2.43. The third-order valence-electron chi connectivity index (χ3n) is 3.88. The van der Waals surface area contributed by atoms with Gasteiger partial charge in [0, 0.05) is 29.7 Å². The number of aliphatic hydroxyl groups excluding tert-OH is 1. The summed E-state index contributed by atoms with van der Waals surface area (Å²) in [7, 11) is 0. The van der Waals surface area contributed by atoms with Gasteiger partial charge in [-0.15, -0.1) is 0 Å². The standard InChI is InChI=1S/C20H29N3OS/c1-15(2)13-23(25-18-10-8-17(21)9-11-18)14-20(24)19(22)12-16-6-4-3-5-7-16/h3-11,15,19-20,24H,12-14,21-22H2,1-2H3. The molecule has 0 radical (unpaired) electrons. The van der Waals surface area contributed by atoms with Gasteiger partial charge in [-0.3, -0.25) is 0 Å².